The van der Waals surface area contributed by atoms with E-state index in [9.17, 15) is 4.79 Å². The fourth-order valence-corrected chi connectivity index (χ4v) is 3.17. The van der Waals surface area contributed by atoms with E-state index in [1.54, 1.807) is 24.3 Å². The Morgan fingerprint density at radius 3 is 2.38 bits per heavy atom. The normalized spacial score (nSPS) is 14.1. The molecule has 4 rings (SSSR count). The van der Waals surface area contributed by atoms with Gasteiger partial charge in [0, 0.05) is 5.56 Å². The Hall–Kier alpha value is -4.06. The molecule has 32 heavy (non-hydrogen) atoms. The predicted molar refractivity (Wildman–Crippen MR) is 122 cm³/mol. The second-order valence-electron chi connectivity index (χ2n) is 6.85. The third kappa shape index (κ3) is 4.98. The number of rotatable bonds is 8. The fourth-order valence-electron chi connectivity index (χ4n) is 3.17. The molecule has 6 nitrogen and oxygen atoms in total. The van der Waals surface area contributed by atoms with Crippen LogP contribution in [0.1, 0.15) is 25.0 Å². The summed E-state index contributed by atoms with van der Waals surface area (Å²) < 4.78 is 22.5. The van der Waals surface area contributed by atoms with Gasteiger partial charge in [0.25, 0.3) is 0 Å². The third-order valence-corrected chi connectivity index (χ3v) is 4.55. The van der Waals surface area contributed by atoms with Crippen LogP contribution in [-0.4, -0.2) is 25.1 Å². The summed E-state index contributed by atoms with van der Waals surface area (Å²) in [5.41, 5.74) is 1.62. The van der Waals surface area contributed by atoms with Gasteiger partial charge in [0.05, 0.1) is 13.2 Å². The lowest BCUT2D eigenvalue weighted by molar-refractivity contribution is -0.129. The van der Waals surface area contributed by atoms with E-state index in [4.69, 9.17) is 18.9 Å². The Labute approximate surface area is 186 Å². The van der Waals surface area contributed by atoms with Crippen LogP contribution in [0.25, 0.3) is 6.08 Å². The molecule has 0 bridgehead atoms. The number of esters is 1. The van der Waals surface area contributed by atoms with Gasteiger partial charge >= 0.3 is 5.97 Å². The molecule has 1 aliphatic heterocycles. The van der Waals surface area contributed by atoms with Crippen LogP contribution in [0.15, 0.2) is 83.5 Å². The van der Waals surface area contributed by atoms with Gasteiger partial charge in [-0.3, -0.25) is 0 Å². The number of benzene rings is 3. The van der Waals surface area contributed by atoms with Crippen molar-refractivity contribution in [3.05, 3.63) is 89.6 Å². The van der Waals surface area contributed by atoms with E-state index in [0.29, 0.717) is 36.0 Å². The zero-order valence-corrected chi connectivity index (χ0v) is 17.9. The first kappa shape index (κ1) is 21.2. The Morgan fingerprint density at radius 1 is 0.844 bits per heavy atom. The van der Waals surface area contributed by atoms with Gasteiger partial charge in [-0.15, -0.1) is 0 Å². The number of hydrogen-bond acceptors (Lipinski definition) is 6. The molecule has 0 unspecified atom stereocenters. The summed E-state index contributed by atoms with van der Waals surface area (Å²) in [6, 6.07) is 22.3. The van der Waals surface area contributed by atoms with Gasteiger partial charge in [-0.2, -0.15) is 0 Å². The lowest BCUT2D eigenvalue weighted by Gasteiger charge is -2.11. The molecule has 0 aromatic heterocycles. The van der Waals surface area contributed by atoms with Crippen LogP contribution in [0.2, 0.25) is 0 Å². The van der Waals surface area contributed by atoms with E-state index in [-0.39, 0.29) is 11.6 Å². The van der Waals surface area contributed by atoms with E-state index < -0.39 is 5.97 Å². The van der Waals surface area contributed by atoms with E-state index >= 15 is 0 Å². The minimum absolute atomic E-state index is 0.212. The number of hydrogen-bond donors (Lipinski definition) is 0. The summed E-state index contributed by atoms with van der Waals surface area (Å²) >= 11 is 0. The number of ether oxygens (including phenoxy) is 4. The molecule has 0 amide bonds. The Bertz CT molecular complexity index is 1170. The van der Waals surface area contributed by atoms with E-state index in [0.717, 1.165) is 11.3 Å². The number of carbonyl (C=O) groups excluding carboxylic acids is 1. The molecule has 0 N–H and O–H groups in total. The van der Waals surface area contributed by atoms with Gasteiger partial charge in [0.15, 0.2) is 17.2 Å². The molecule has 0 radical (unpaired) electrons. The van der Waals surface area contributed by atoms with Crippen LogP contribution >= 0.6 is 0 Å². The van der Waals surface area contributed by atoms with Gasteiger partial charge in [-0.1, -0.05) is 30.3 Å². The molecule has 3 aromatic carbocycles. The van der Waals surface area contributed by atoms with Crippen LogP contribution < -0.4 is 14.2 Å². The van der Waals surface area contributed by atoms with Crippen LogP contribution in [0.4, 0.5) is 0 Å². The van der Waals surface area contributed by atoms with Crippen molar-refractivity contribution in [1.82, 2.24) is 0 Å². The number of aliphatic imine (C=N–C) groups is 1. The van der Waals surface area contributed by atoms with E-state index in [2.05, 4.69) is 4.99 Å². The van der Waals surface area contributed by atoms with Gasteiger partial charge in [0.1, 0.15) is 11.5 Å². The first-order valence-electron chi connectivity index (χ1n) is 10.4. The molecule has 1 heterocycles. The van der Waals surface area contributed by atoms with Gasteiger partial charge in [-0.25, -0.2) is 9.79 Å². The molecule has 0 atom stereocenters. The first-order valence-corrected chi connectivity index (χ1v) is 10.4. The monoisotopic (exact) mass is 429 g/mol. The maximum Gasteiger partial charge on any atom is 0.363 e. The van der Waals surface area contributed by atoms with Crippen molar-refractivity contribution in [2.75, 3.05) is 13.2 Å². The van der Waals surface area contributed by atoms with Crippen molar-refractivity contribution in [2.24, 2.45) is 4.99 Å². The van der Waals surface area contributed by atoms with Gasteiger partial charge in [-0.05, 0) is 68.0 Å². The van der Waals surface area contributed by atoms with Crippen molar-refractivity contribution in [1.29, 1.82) is 0 Å². The van der Waals surface area contributed by atoms with Gasteiger partial charge in [0.2, 0.25) is 5.90 Å². The van der Waals surface area contributed by atoms with Crippen molar-refractivity contribution in [2.45, 2.75) is 13.8 Å². The largest absolute Gasteiger partial charge is 0.490 e. The van der Waals surface area contributed by atoms with Crippen LogP contribution in [0, 0.1) is 0 Å². The molecule has 0 saturated carbocycles. The standard InChI is InChI=1S/C26H23NO5/c1-3-29-23-14-13-19(17-24(23)30-4-2)25-27-22(26(28)32-25)16-18-9-8-12-21(15-18)31-20-10-6-5-7-11-20/h5-17H,3-4H2,1-2H3/b22-16+. The number of para-hydroxylation sites is 1. The molecule has 0 aliphatic carbocycles. The minimum Gasteiger partial charge on any atom is -0.490 e. The summed E-state index contributed by atoms with van der Waals surface area (Å²) in [6.45, 7) is 4.81. The molecular weight excluding hydrogens is 406 g/mol. The van der Waals surface area contributed by atoms with Crippen LogP contribution in [0.3, 0.4) is 0 Å². The quantitative estimate of drug-likeness (QED) is 0.343. The molecular formula is C26H23NO5. The molecule has 162 valence electrons. The molecule has 0 saturated heterocycles. The second-order valence-corrected chi connectivity index (χ2v) is 6.85. The highest BCUT2D eigenvalue weighted by atomic mass is 16.6. The SMILES string of the molecule is CCOc1ccc(C2=N/C(=C/c3cccc(Oc4ccccc4)c3)C(=O)O2)cc1OCC. The molecule has 3 aromatic rings. The van der Waals surface area contributed by atoms with E-state index in [1.165, 1.54) is 0 Å². The van der Waals surface area contributed by atoms with Crippen LogP contribution in [-0.2, 0) is 9.53 Å². The summed E-state index contributed by atoms with van der Waals surface area (Å²) in [5, 5.41) is 0. The predicted octanol–water partition coefficient (Wildman–Crippen LogP) is 5.62. The number of nitrogens with zero attached hydrogens (tertiary/aromatic N) is 1. The average Bonchev–Trinajstić information content (AvgIpc) is 3.16. The molecule has 0 spiro atoms. The summed E-state index contributed by atoms with van der Waals surface area (Å²) in [7, 11) is 0. The minimum atomic E-state index is -0.513. The molecule has 0 fully saturated rings. The summed E-state index contributed by atoms with van der Waals surface area (Å²) in [6.07, 6.45) is 1.67. The van der Waals surface area contributed by atoms with Crippen molar-refractivity contribution < 1.29 is 23.7 Å². The first-order chi connectivity index (χ1) is 15.7. The number of cyclic esters (lactones) is 1. The third-order valence-electron chi connectivity index (χ3n) is 4.55. The lowest BCUT2D eigenvalue weighted by atomic mass is 10.2. The molecule has 1 aliphatic rings. The second kappa shape index (κ2) is 9.83. The van der Waals surface area contributed by atoms with Crippen molar-refractivity contribution >= 4 is 17.9 Å². The lowest BCUT2D eigenvalue weighted by Crippen LogP contribution is -2.06. The Kier molecular flexibility index (Phi) is 6.51. The van der Waals surface area contributed by atoms with Gasteiger partial charge < -0.3 is 18.9 Å². The highest BCUT2D eigenvalue weighted by molar-refractivity contribution is 6.13. The summed E-state index contributed by atoms with van der Waals surface area (Å²) in [4.78, 5) is 16.8. The Balaban J connectivity index is 1.58. The average molecular weight is 429 g/mol. The van der Waals surface area contributed by atoms with E-state index in [1.807, 2.05) is 68.4 Å². The zero-order valence-electron chi connectivity index (χ0n) is 17.9. The van der Waals surface area contributed by atoms with Crippen molar-refractivity contribution in [3.63, 3.8) is 0 Å². The highest BCUT2D eigenvalue weighted by Gasteiger charge is 2.25. The fraction of sp³-hybridized carbons (Fsp3) is 0.154. The highest BCUT2D eigenvalue weighted by Crippen LogP contribution is 2.30. The number of carbonyl (C=O) groups is 1. The van der Waals surface area contributed by atoms with Crippen LogP contribution in [0.5, 0.6) is 23.0 Å². The zero-order chi connectivity index (χ0) is 22.3. The maximum absolute atomic E-state index is 12.4. The van der Waals surface area contributed by atoms with Crippen molar-refractivity contribution in [3.8, 4) is 23.0 Å². The topological polar surface area (TPSA) is 66.4 Å². The molecule has 6 heteroatoms. The smallest absolute Gasteiger partial charge is 0.363 e. The maximum atomic E-state index is 12.4. The summed E-state index contributed by atoms with van der Waals surface area (Å²) in [5.74, 6) is 2.32. The Morgan fingerprint density at radius 2 is 1.59 bits per heavy atom.